The van der Waals surface area contributed by atoms with E-state index in [2.05, 4.69) is 12.2 Å². The third-order valence-electron chi connectivity index (χ3n) is 9.38. The van der Waals surface area contributed by atoms with Gasteiger partial charge in [-0.15, -0.1) is 0 Å². The minimum Gasteiger partial charge on any atom is -0.497 e. The molecular formula is C28H42N2O7. The first-order valence-electron chi connectivity index (χ1n) is 13.4. The zero-order valence-corrected chi connectivity index (χ0v) is 22.5. The van der Waals surface area contributed by atoms with Crippen LogP contribution in [0.2, 0.25) is 0 Å². The second kappa shape index (κ2) is 11.1. The highest BCUT2D eigenvalue weighted by Gasteiger charge is 2.60. The number of carbonyl (C=O) groups is 2. The van der Waals surface area contributed by atoms with Crippen LogP contribution in [0.3, 0.4) is 0 Å². The number of nitrogens with zero attached hydrogens (tertiary/aromatic N) is 1. The summed E-state index contributed by atoms with van der Waals surface area (Å²) in [5, 5.41) is 24.4. The van der Waals surface area contributed by atoms with Crippen LogP contribution < -0.4 is 14.8 Å². The van der Waals surface area contributed by atoms with Crippen LogP contribution in [0.5, 0.6) is 11.5 Å². The topological polar surface area (TPSA) is 118 Å². The lowest BCUT2D eigenvalue weighted by molar-refractivity contribution is -0.186. The van der Waals surface area contributed by atoms with Crippen LogP contribution in [0.1, 0.15) is 58.8 Å². The van der Waals surface area contributed by atoms with Crippen LogP contribution in [0.4, 0.5) is 10.5 Å². The molecule has 1 unspecified atom stereocenters. The molecule has 1 heterocycles. The van der Waals surface area contributed by atoms with Crippen molar-refractivity contribution in [2.45, 2.75) is 71.0 Å². The molecule has 0 bridgehead atoms. The van der Waals surface area contributed by atoms with Gasteiger partial charge >= 0.3 is 6.09 Å². The first kappa shape index (κ1) is 27.5. The maximum atomic E-state index is 13.1. The number of aliphatic hydroxyl groups is 2. The molecule has 0 spiro atoms. The van der Waals surface area contributed by atoms with Gasteiger partial charge in [-0.1, -0.05) is 13.8 Å². The van der Waals surface area contributed by atoms with Crippen molar-refractivity contribution in [2.75, 3.05) is 39.2 Å². The van der Waals surface area contributed by atoms with Crippen molar-refractivity contribution < 1.29 is 34.0 Å². The Balaban J connectivity index is 1.49. The molecule has 1 saturated heterocycles. The van der Waals surface area contributed by atoms with Crippen LogP contribution in [0.15, 0.2) is 18.2 Å². The van der Waals surface area contributed by atoms with E-state index in [9.17, 15) is 19.8 Å². The fourth-order valence-electron chi connectivity index (χ4n) is 7.22. The predicted molar refractivity (Wildman–Crippen MR) is 139 cm³/mol. The minimum absolute atomic E-state index is 0.00626. The van der Waals surface area contributed by atoms with E-state index >= 15 is 0 Å². The summed E-state index contributed by atoms with van der Waals surface area (Å²) in [6.45, 7) is 5.55. The Labute approximate surface area is 219 Å². The molecule has 9 nitrogen and oxygen atoms in total. The normalized spacial score (nSPS) is 33.4. The Morgan fingerprint density at radius 3 is 2.30 bits per heavy atom. The highest BCUT2D eigenvalue weighted by Crippen LogP contribution is 2.61. The molecule has 2 amide bonds. The molecule has 1 aliphatic heterocycles. The van der Waals surface area contributed by atoms with Crippen molar-refractivity contribution >= 4 is 17.7 Å². The molecular weight excluding hydrogens is 476 g/mol. The monoisotopic (exact) mass is 518 g/mol. The molecule has 1 aromatic rings. The van der Waals surface area contributed by atoms with E-state index in [1.54, 1.807) is 18.2 Å². The number of methoxy groups -OCH3 is 2. The SMILES string of the molecule is COc1cc(NC(=O)O[C@@H]2CC[C@]3(C)C(CC[C@@H](O)[C@H]3CC(=O)N3CCCC3)[C@]2(C)CO)cc(OC)c1. The standard InChI is InChI=1S/C28H42N2O7/c1-27-10-9-24(37-26(34)29-18-13-19(35-3)15-20(14-18)36-4)28(2,17-31)23(27)8-7-22(32)21(27)16-25(33)30-11-5-6-12-30/h13-15,21-24,31-32H,5-12,16-17H2,1-4H3,(H,29,34)/t21-,22-,23?,24-,27+,28+/m1/s1. The number of carbonyl (C=O) groups excluding carboxylic acids is 2. The number of hydrogen-bond donors (Lipinski definition) is 3. The van der Waals surface area contributed by atoms with Crippen LogP contribution >= 0.6 is 0 Å². The second-order valence-electron chi connectivity index (χ2n) is 11.4. The Morgan fingerprint density at radius 1 is 1.05 bits per heavy atom. The number of likely N-dealkylation sites (tertiary alicyclic amines) is 1. The molecule has 3 fully saturated rings. The summed E-state index contributed by atoms with van der Waals surface area (Å²) in [6.07, 6.45) is 3.23. The van der Waals surface area contributed by atoms with E-state index in [1.165, 1.54) is 14.2 Å². The number of nitrogens with one attached hydrogen (secondary N) is 1. The molecule has 3 aliphatic rings. The van der Waals surface area contributed by atoms with Crippen LogP contribution in [0, 0.1) is 22.7 Å². The first-order chi connectivity index (χ1) is 17.6. The molecule has 2 saturated carbocycles. The van der Waals surface area contributed by atoms with Crippen LogP contribution in [-0.4, -0.2) is 73.2 Å². The summed E-state index contributed by atoms with van der Waals surface area (Å²) < 4.78 is 16.5. The zero-order chi connectivity index (χ0) is 26.8. The molecule has 0 aromatic heterocycles. The van der Waals surface area contributed by atoms with Crippen molar-refractivity contribution in [2.24, 2.45) is 22.7 Å². The zero-order valence-electron chi connectivity index (χ0n) is 22.5. The van der Waals surface area contributed by atoms with Gasteiger partial charge in [0.05, 0.1) is 32.6 Å². The van der Waals surface area contributed by atoms with Gasteiger partial charge in [-0.25, -0.2) is 4.79 Å². The number of rotatable bonds is 7. The van der Waals surface area contributed by atoms with E-state index < -0.39 is 23.7 Å². The highest BCUT2D eigenvalue weighted by atomic mass is 16.6. The van der Waals surface area contributed by atoms with Crippen molar-refractivity contribution in [3.05, 3.63) is 18.2 Å². The van der Waals surface area contributed by atoms with Gasteiger partial charge in [0.1, 0.15) is 17.6 Å². The van der Waals surface area contributed by atoms with Gasteiger partial charge in [0.15, 0.2) is 0 Å². The quantitative estimate of drug-likeness (QED) is 0.502. The fourth-order valence-corrected chi connectivity index (χ4v) is 7.22. The van der Waals surface area contributed by atoms with Crippen molar-refractivity contribution in [1.82, 2.24) is 4.90 Å². The van der Waals surface area contributed by atoms with Gasteiger partial charge in [0.2, 0.25) is 5.91 Å². The van der Waals surface area contributed by atoms with Crippen molar-refractivity contribution in [1.29, 1.82) is 0 Å². The first-order valence-corrected chi connectivity index (χ1v) is 13.4. The fraction of sp³-hybridized carbons (Fsp3) is 0.714. The number of aliphatic hydroxyl groups excluding tert-OH is 2. The van der Waals surface area contributed by atoms with Crippen LogP contribution in [-0.2, 0) is 9.53 Å². The van der Waals surface area contributed by atoms with Gasteiger partial charge < -0.3 is 29.3 Å². The van der Waals surface area contributed by atoms with E-state index in [-0.39, 0.29) is 29.8 Å². The molecule has 4 rings (SSSR count). The van der Waals surface area contributed by atoms with E-state index in [0.717, 1.165) is 25.9 Å². The predicted octanol–water partition coefficient (Wildman–Crippen LogP) is 3.82. The lowest BCUT2D eigenvalue weighted by Gasteiger charge is -2.60. The maximum Gasteiger partial charge on any atom is 0.411 e. The number of ether oxygens (including phenoxy) is 3. The number of anilines is 1. The smallest absolute Gasteiger partial charge is 0.411 e. The number of amides is 2. The summed E-state index contributed by atoms with van der Waals surface area (Å²) in [5.41, 5.74) is -0.569. The van der Waals surface area contributed by atoms with Crippen molar-refractivity contribution in [3.8, 4) is 11.5 Å². The van der Waals surface area contributed by atoms with E-state index in [4.69, 9.17) is 14.2 Å². The Morgan fingerprint density at radius 2 is 1.70 bits per heavy atom. The Hall–Kier alpha value is -2.52. The summed E-state index contributed by atoms with van der Waals surface area (Å²) in [7, 11) is 3.07. The highest BCUT2D eigenvalue weighted by molar-refractivity contribution is 5.85. The molecule has 9 heteroatoms. The molecule has 37 heavy (non-hydrogen) atoms. The lowest BCUT2D eigenvalue weighted by atomic mass is 9.46. The number of benzene rings is 1. The third-order valence-corrected chi connectivity index (χ3v) is 9.38. The summed E-state index contributed by atoms with van der Waals surface area (Å²) in [5.74, 6) is 0.996. The molecule has 1 aromatic carbocycles. The molecule has 0 radical (unpaired) electrons. The molecule has 6 atom stereocenters. The van der Waals surface area contributed by atoms with Crippen LogP contribution in [0.25, 0.3) is 0 Å². The maximum absolute atomic E-state index is 13.1. The summed E-state index contributed by atoms with van der Waals surface area (Å²) in [4.78, 5) is 27.9. The average Bonchev–Trinajstić information content (AvgIpc) is 3.43. The third kappa shape index (κ3) is 5.39. The van der Waals surface area contributed by atoms with Gasteiger partial charge in [0, 0.05) is 43.1 Å². The summed E-state index contributed by atoms with van der Waals surface area (Å²) >= 11 is 0. The largest absolute Gasteiger partial charge is 0.497 e. The van der Waals surface area contributed by atoms with Crippen molar-refractivity contribution in [3.63, 3.8) is 0 Å². The molecule has 3 N–H and O–H groups in total. The molecule has 206 valence electrons. The second-order valence-corrected chi connectivity index (χ2v) is 11.4. The van der Waals surface area contributed by atoms with Gasteiger partial charge in [-0.3, -0.25) is 10.1 Å². The average molecular weight is 519 g/mol. The van der Waals surface area contributed by atoms with E-state index in [0.29, 0.717) is 49.3 Å². The Bertz CT molecular complexity index is 959. The lowest BCUT2D eigenvalue weighted by Crippen LogP contribution is -2.61. The summed E-state index contributed by atoms with van der Waals surface area (Å²) in [6, 6.07) is 5.07. The Kier molecular flexibility index (Phi) is 8.23. The molecule has 2 aliphatic carbocycles. The minimum atomic E-state index is -0.703. The number of hydrogen-bond acceptors (Lipinski definition) is 7. The van der Waals surface area contributed by atoms with Gasteiger partial charge in [-0.2, -0.15) is 0 Å². The van der Waals surface area contributed by atoms with Gasteiger partial charge in [0.25, 0.3) is 0 Å². The van der Waals surface area contributed by atoms with E-state index in [1.807, 2.05) is 11.8 Å². The van der Waals surface area contributed by atoms with Gasteiger partial charge in [-0.05, 0) is 55.8 Å². The number of fused-ring (bicyclic) bond motifs is 1.